The molecule has 1 N–H and O–H groups in total. The number of hydrogen-bond donors (Lipinski definition) is 1. The highest BCUT2D eigenvalue weighted by Gasteiger charge is 2.33. The molecule has 3 unspecified atom stereocenters. The highest BCUT2D eigenvalue weighted by atomic mass is 35.5. The summed E-state index contributed by atoms with van der Waals surface area (Å²) >= 11 is 6.19. The molecule has 126 valence electrons. The summed E-state index contributed by atoms with van der Waals surface area (Å²) in [7, 11) is 1.67. The predicted octanol–water partition coefficient (Wildman–Crippen LogP) is 4.69. The lowest BCUT2D eigenvalue weighted by atomic mass is 9.78. The lowest BCUT2D eigenvalue weighted by molar-refractivity contribution is -0.109. The Kier molecular flexibility index (Phi) is 5.10. The highest BCUT2D eigenvalue weighted by molar-refractivity contribution is 6.30. The molecule has 0 amide bonds. The van der Waals surface area contributed by atoms with E-state index >= 15 is 0 Å². The average molecular weight is 344 g/mol. The Morgan fingerprint density at radius 1 is 1.25 bits per heavy atom. The van der Waals surface area contributed by atoms with Gasteiger partial charge in [-0.3, -0.25) is 0 Å². The van der Waals surface area contributed by atoms with Crippen molar-refractivity contribution < 1.29 is 9.53 Å². The summed E-state index contributed by atoms with van der Waals surface area (Å²) in [5.74, 6) is 1.32. The van der Waals surface area contributed by atoms with Gasteiger partial charge in [0.15, 0.2) is 0 Å². The van der Waals surface area contributed by atoms with Gasteiger partial charge < -0.3 is 14.8 Å². The van der Waals surface area contributed by atoms with Crippen LogP contribution < -0.4 is 10.1 Å². The van der Waals surface area contributed by atoms with Gasteiger partial charge in [-0.05, 0) is 59.7 Å². The molecule has 24 heavy (non-hydrogen) atoms. The van der Waals surface area contributed by atoms with Crippen LogP contribution in [0.3, 0.4) is 0 Å². The Morgan fingerprint density at radius 2 is 2.00 bits per heavy atom. The largest absolute Gasteiger partial charge is 0.497 e. The van der Waals surface area contributed by atoms with E-state index in [0.29, 0.717) is 0 Å². The maximum atomic E-state index is 11.7. The number of methoxy groups -OCH3 is 1. The average Bonchev–Trinajstić information content (AvgIpc) is 2.77. The molecule has 2 aromatic rings. The number of ether oxygens (including phenoxy) is 1. The monoisotopic (exact) mass is 343 g/mol. The maximum Gasteiger partial charge on any atom is 0.142 e. The third-order valence-corrected chi connectivity index (χ3v) is 5.20. The topological polar surface area (TPSA) is 38.3 Å². The van der Waals surface area contributed by atoms with E-state index in [1.807, 2.05) is 30.3 Å². The molecule has 3 rings (SSSR count). The molecule has 0 radical (unpaired) electrons. The highest BCUT2D eigenvalue weighted by Crippen LogP contribution is 2.39. The number of nitrogens with one attached hydrogen (secondary N) is 1. The van der Waals surface area contributed by atoms with Crippen LogP contribution in [0, 0.1) is 5.92 Å². The first kappa shape index (κ1) is 16.8. The molecule has 1 aliphatic heterocycles. The van der Waals surface area contributed by atoms with Crippen LogP contribution in [-0.2, 0) is 11.2 Å². The van der Waals surface area contributed by atoms with Crippen molar-refractivity contribution in [3.63, 3.8) is 0 Å². The van der Waals surface area contributed by atoms with Gasteiger partial charge in [-0.2, -0.15) is 0 Å². The summed E-state index contributed by atoms with van der Waals surface area (Å²) in [5.41, 5.74) is 3.39. The van der Waals surface area contributed by atoms with Crippen molar-refractivity contribution >= 4 is 23.6 Å². The lowest BCUT2D eigenvalue weighted by Crippen LogP contribution is -2.33. The van der Waals surface area contributed by atoms with Gasteiger partial charge in [0, 0.05) is 10.7 Å². The quantitative estimate of drug-likeness (QED) is 0.818. The van der Waals surface area contributed by atoms with Crippen LogP contribution in [0.5, 0.6) is 5.75 Å². The van der Waals surface area contributed by atoms with E-state index in [0.717, 1.165) is 41.2 Å². The van der Waals surface area contributed by atoms with Crippen molar-refractivity contribution in [2.75, 3.05) is 12.4 Å². The van der Waals surface area contributed by atoms with Gasteiger partial charge in [0.05, 0.1) is 13.2 Å². The van der Waals surface area contributed by atoms with Crippen LogP contribution >= 0.6 is 11.6 Å². The minimum absolute atomic E-state index is 0.204. The number of hydrogen-bond acceptors (Lipinski definition) is 3. The molecule has 0 spiro atoms. The number of fused-ring (bicyclic) bond motifs is 1. The van der Waals surface area contributed by atoms with Crippen LogP contribution in [0.1, 0.15) is 30.4 Å². The minimum Gasteiger partial charge on any atom is -0.497 e. The van der Waals surface area contributed by atoms with Gasteiger partial charge in [-0.1, -0.05) is 37.1 Å². The van der Waals surface area contributed by atoms with E-state index in [-0.39, 0.29) is 17.9 Å². The van der Waals surface area contributed by atoms with E-state index in [1.54, 1.807) is 7.11 Å². The standard InChI is InChI=1S/C20H22ClNO2/c1-3-17-18(13-4-7-16(24-2)8-5-13)11-14-10-15(21)6-9-19(14)22-20(17)12-23/h4-10,12,17-18,20,22H,3,11H2,1-2H3. The molecule has 2 aromatic carbocycles. The smallest absolute Gasteiger partial charge is 0.142 e. The predicted molar refractivity (Wildman–Crippen MR) is 98.1 cm³/mol. The van der Waals surface area contributed by atoms with Crippen molar-refractivity contribution in [3.8, 4) is 5.75 Å². The number of halogens is 1. The van der Waals surface area contributed by atoms with E-state index in [1.165, 1.54) is 5.56 Å². The SMILES string of the molecule is CCC1C(C=O)Nc2ccc(Cl)cc2CC1c1ccc(OC)cc1. The summed E-state index contributed by atoms with van der Waals surface area (Å²) in [6.07, 6.45) is 2.82. The fourth-order valence-corrected chi connectivity index (χ4v) is 3.88. The zero-order valence-electron chi connectivity index (χ0n) is 14.0. The lowest BCUT2D eigenvalue weighted by Gasteiger charge is -2.28. The normalized spacial score (nSPS) is 22.9. The zero-order chi connectivity index (χ0) is 17.1. The Labute approximate surface area is 148 Å². The first-order valence-corrected chi connectivity index (χ1v) is 8.68. The molecule has 0 aliphatic carbocycles. The number of rotatable bonds is 4. The molecule has 4 heteroatoms. The van der Waals surface area contributed by atoms with Gasteiger partial charge >= 0.3 is 0 Å². The number of carbonyl (C=O) groups excluding carboxylic acids is 1. The second-order valence-corrected chi connectivity index (χ2v) is 6.70. The Hall–Kier alpha value is -2.00. The maximum absolute atomic E-state index is 11.7. The van der Waals surface area contributed by atoms with Gasteiger partial charge in [-0.25, -0.2) is 0 Å². The van der Waals surface area contributed by atoms with Crippen LogP contribution in [0.2, 0.25) is 5.02 Å². The number of aldehydes is 1. The molecular formula is C20H22ClNO2. The van der Waals surface area contributed by atoms with Crippen LogP contribution in [0.15, 0.2) is 42.5 Å². The van der Waals surface area contributed by atoms with Gasteiger partial charge in [-0.15, -0.1) is 0 Å². The van der Waals surface area contributed by atoms with Crippen molar-refractivity contribution in [3.05, 3.63) is 58.6 Å². The fourth-order valence-electron chi connectivity index (χ4n) is 3.69. The van der Waals surface area contributed by atoms with E-state index in [9.17, 15) is 4.79 Å². The Bertz CT molecular complexity index is 714. The summed E-state index contributed by atoms with van der Waals surface area (Å²) in [6.45, 7) is 2.14. The fraction of sp³-hybridized carbons (Fsp3) is 0.350. The first-order chi connectivity index (χ1) is 11.7. The van der Waals surface area contributed by atoms with Gasteiger partial charge in [0.2, 0.25) is 0 Å². The van der Waals surface area contributed by atoms with Crippen LogP contribution in [0.4, 0.5) is 5.69 Å². The van der Waals surface area contributed by atoms with Gasteiger partial charge in [0.1, 0.15) is 12.0 Å². The van der Waals surface area contributed by atoms with Crippen molar-refractivity contribution in [1.29, 1.82) is 0 Å². The van der Waals surface area contributed by atoms with Gasteiger partial charge in [0.25, 0.3) is 0 Å². The summed E-state index contributed by atoms with van der Waals surface area (Å²) in [5, 5.41) is 4.13. The van der Waals surface area contributed by atoms with Crippen molar-refractivity contribution in [2.45, 2.75) is 31.7 Å². The number of carbonyl (C=O) groups is 1. The molecule has 3 nitrogen and oxygen atoms in total. The second-order valence-electron chi connectivity index (χ2n) is 6.26. The van der Waals surface area contributed by atoms with Crippen LogP contribution in [-0.4, -0.2) is 19.4 Å². The Balaban J connectivity index is 2.04. The molecule has 1 aliphatic rings. The molecule has 0 aromatic heterocycles. The Morgan fingerprint density at radius 3 is 2.62 bits per heavy atom. The molecule has 3 atom stereocenters. The summed E-state index contributed by atoms with van der Waals surface area (Å²) in [4.78, 5) is 11.7. The molecule has 1 heterocycles. The second kappa shape index (κ2) is 7.27. The van der Waals surface area contributed by atoms with Crippen molar-refractivity contribution in [2.24, 2.45) is 5.92 Å². The molecule has 0 saturated carbocycles. The number of anilines is 1. The molecule has 0 saturated heterocycles. The molecule has 0 bridgehead atoms. The first-order valence-electron chi connectivity index (χ1n) is 8.30. The van der Waals surface area contributed by atoms with E-state index < -0.39 is 0 Å². The van der Waals surface area contributed by atoms with Crippen LogP contribution in [0.25, 0.3) is 0 Å². The summed E-state index contributed by atoms with van der Waals surface area (Å²) in [6, 6.07) is 13.8. The van der Waals surface area contributed by atoms with E-state index in [2.05, 4.69) is 24.4 Å². The zero-order valence-corrected chi connectivity index (χ0v) is 14.7. The summed E-state index contributed by atoms with van der Waals surface area (Å²) < 4.78 is 5.26. The molecule has 0 fully saturated rings. The third-order valence-electron chi connectivity index (χ3n) is 4.97. The number of benzene rings is 2. The minimum atomic E-state index is -0.204. The molecular weight excluding hydrogens is 322 g/mol. The third kappa shape index (κ3) is 3.27. The van der Waals surface area contributed by atoms with Crippen molar-refractivity contribution in [1.82, 2.24) is 0 Å². The van der Waals surface area contributed by atoms with E-state index in [4.69, 9.17) is 16.3 Å².